The van der Waals surface area contributed by atoms with Gasteiger partial charge in [-0.25, -0.2) is 0 Å². The Morgan fingerprint density at radius 1 is 1.05 bits per heavy atom. The van der Waals surface area contributed by atoms with Crippen LogP contribution in [0.2, 0.25) is 0 Å². The topological polar surface area (TPSA) is 47.6 Å². The van der Waals surface area contributed by atoms with Crippen LogP contribution < -0.4 is 0 Å². The molecule has 6 aliphatic carbocycles. The molecule has 4 bridgehead atoms. The van der Waals surface area contributed by atoms with Crippen molar-refractivity contribution in [3.05, 3.63) is 58.7 Å². The van der Waals surface area contributed by atoms with Gasteiger partial charge in [0.05, 0.1) is 17.2 Å². The van der Waals surface area contributed by atoms with Gasteiger partial charge in [-0.15, -0.1) is 0 Å². The van der Waals surface area contributed by atoms with Crippen LogP contribution in [0.3, 0.4) is 0 Å². The smallest absolute Gasteiger partial charge is 0.101 e. The Morgan fingerprint density at radius 2 is 1.70 bits per heavy atom. The molecule has 0 heterocycles. The molecule has 1 unspecified atom stereocenters. The monoisotopic (exact) mass is 260 g/mol. The van der Waals surface area contributed by atoms with Crippen molar-refractivity contribution in [2.24, 2.45) is 16.7 Å². The molecule has 6 rings (SSSR count). The summed E-state index contributed by atoms with van der Waals surface area (Å²) in [7, 11) is 0. The summed E-state index contributed by atoms with van der Waals surface area (Å²) in [5.74, 6) is -0.0692. The lowest BCUT2D eigenvalue weighted by atomic mass is 9.54. The lowest BCUT2D eigenvalue weighted by Gasteiger charge is -2.48. The highest BCUT2D eigenvalue weighted by atomic mass is 14.5. The normalized spacial score (nSPS) is 30.4. The summed E-state index contributed by atoms with van der Waals surface area (Å²) in [5.41, 5.74) is 2.73. The molecule has 0 saturated heterocycles. The zero-order valence-electron chi connectivity index (χ0n) is 11.9. The van der Waals surface area contributed by atoms with Gasteiger partial charge in [0.2, 0.25) is 0 Å². The molecule has 98 valence electrons. The Balaban J connectivity index is 2.41. The van der Waals surface area contributed by atoms with Crippen LogP contribution in [0.5, 0.6) is 0 Å². The van der Waals surface area contributed by atoms with Gasteiger partial charge in [-0.05, 0) is 11.0 Å². The van der Waals surface area contributed by atoms with Crippen LogP contribution in [-0.2, 0) is 0 Å². The second kappa shape index (κ2) is 3.84. The van der Waals surface area contributed by atoms with E-state index in [9.17, 15) is 10.5 Å². The number of allylic oxidation sites excluding steroid dienone is 10. The van der Waals surface area contributed by atoms with Crippen molar-refractivity contribution >= 4 is 0 Å². The molecule has 0 aliphatic heterocycles. The molecule has 6 aliphatic rings. The summed E-state index contributed by atoms with van der Waals surface area (Å²) >= 11 is 0. The number of nitrogens with zero attached hydrogens (tertiary/aromatic N) is 2. The Morgan fingerprint density at radius 3 is 2.20 bits per heavy atom. The maximum Gasteiger partial charge on any atom is 0.101 e. The number of hydrogen-bond acceptors (Lipinski definition) is 2. The molecule has 20 heavy (non-hydrogen) atoms. The molecule has 0 aromatic rings. The minimum absolute atomic E-state index is 0.0436. The highest BCUT2D eigenvalue weighted by Crippen LogP contribution is 2.56. The van der Waals surface area contributed by atoms with Gasteiger partial charge in [-0.3, -0.25) is 0 Å². The highest BCUT2D eigenvalue weighted by molar-refractivity contribution is 5.68. The molecule has 0 aromatic carbocycles. The van der Waals surface area contributed by atoms with Gasteiger partial charge in [0, 0.05) is 16.9 Å². The van der Waals surface area contributed by atoms with E-state index < -0.39 is 0 Å². The Kier molecular flexibility index (Phi) is 2.44. The molecule has 0 aromatic heterocycles. The van der Waals surface area contributed by atoms with Crippen molar-refractivity contribution in [3.63, 3.8) is 0 Å². The molecule has 0 spiro atoms. The lowest BCUT2D eigenvalue weighted by Crippen LogP contribution is -2.42. The largest absolute Gasteiger partial charge is 0.193 e. The number of rotatable bonds is 0. The second-order valence-electron chi connectivity index (χ2n) is 6.57. The minimum atomic E-state index is -0.258. The molecule has 2 nitrogen and oxygen atoms in total. The number of nitriles is 2. The summed E-state index contributed by atoms with van der Waals surface area (Å²) in [6, 6.07) is 4.53. The zero-order valence-corrected chi connectivity index (χ0v) is 11.9. The summed E-state index contributed by atoms with van der Waals surface area (Å²) in [6.07, 6.45) is 12.7. The Labute approximate surface area is 119 Å². The van der Waals surface area contributed by atoms with E-state index >= 15 is 0 Å². The van der Waals surface area contributed by atoms with Crippen LogP contribution in [0.4, 0.5) is 0 Å². The van der Waals surface area contributed by atoms with Crippen molar-refractivity contribution in [2.45, 2.75) is 20.8 Å². The SMILES string of the molecule is CC(C)(C)C12C=CC(=C3C=CC1C(C#N)=C3C#N)C=C2. The highest BCUT2D eigenvalue weighted by Gasteiger charge is 2.48. The van der Waals surface area contributed by atoms with Crippen molar-refractivity contribution in [3.8, 4) is 12.1 Å². The van der Waals surface area contributed by atoms with Crippen molar-refractivity contribution in [2.75, 3.05) is 0 Å². The molecule has 1 atom stereocenters. The third kappa shape index (κ3) is 1.37. The van der Waals surface area contributed by atoms with Gasteiger partial charge in [-0.1, -0.05) is 57.2 Å². The molecule has 0 fully saturated rings. The predicted octanol–water partition coefficient (Wildman–Crippen LogP) is 3.98. The number of hydrogen-bond donors (Lipinski definition) is 0. The van der Waals surface area contributed by atoms with E-state index in [1.165, 1.54) is 0 Å². The van der Waals surface area contributed by atoms with E-state index in [0.29, 0.717) is 11.1 Å². The van der Waals surface area contributed by atoms with Crippen LogP contribution in [0.1, 0.15) is 20.8 Å². The van der Waals surface area contributed by atoms with Gasteiger partial charge >= 0.3 is 0 Å². The fraction of sp³-hybridized carbons (Fsp3) is 0.333. The maximum absolute atomic E-state index is 9.58. The van der Waals surface area contributed by atoms with Gasteiger partial charge in [0.25, 0.3) is 0 Å². The Bertz CT molecular complexity index is 703. The quantitative estimate of drug-likeness (QED) is 0.661. The van der Waals surface area contributed by atoms with E-state index in [-0.39, 0.29) is 16.7 Å². The third-order valence-electron chi connectivity index (χ3n) is 4.74. The van der Waals surface area contributed by atoms with Crippen molar-refractivity contribution < 1.29 is 0 Å². The Hall–Kier alpha value is -2.32. The third-order valence-corrected chi connectivity index (χ3v) is 4.74. The van der Waals surface area contributed by atoms with Gasteiger partial charge in [0.15, 0.2) is 0 Å². The van der Waals surface area contributed by atoms with E-state index in [1.54, 1.807) is 0 Å². The molecular weight excluding hydrogens is 244 g/mol. The van der Waals surface area contributed by atoms with E-state index in [1.807, 2.05) is 6.08 Å². The summed E-state index contributed by atoms with van der Waals surface area (Å²) < 4.78 is 0. The molecule has 0 amide bonds. The summed E-state index contributed by atoms with van der Waals surface area (Å²) in [4.78, 5) is 0. The maximum atomic E-state index is 9.58. The fourth-order valence-electron chi connectivity index (χ4n) is 3.48. The van der Waals surface area contributed by atoms with Crippen molar-refractivity contribution in [1.29, 1.82) is 10.5 Å². The van der Waals surface area contributed by atoms with E-state index in [2.05, 4.69) is 63.3 Å². The molecule has 0 radical (unpaired) electrons. The van der Waals surface area contributed by atoms with Crippen LogP contribution in [-0.4, -0.2) is 0 Å². The molecule has 0 N–H and O–H groups in total. The van der Waals surface area contributed by atoms with Crippen LogP contribution in [0.15, 0.2) is 58.7 Å². The molecule has 2 heteroatoms. The van der Waals surface area contributed by atoms with Crippen LogP contribution in [0.25, 0.3) is 0 Å². The van der Waals surface area contributed by atoms with Crippen molar-refractivity contribution in [1.82, 2.24) is 0 Å². The van der Waals surface area contributed by atoms with Crippen LogP contribution in [0, 0.1) is 39.4 Å². The van der Waals surface area contributed by atoms with Gasteiger partial charge in [0.1, 0.15) is 6.07 Å². The van der Waals surface area contributed by atoms with E-state index in [4.69, 9.17) is 0 Å². The first-order valence-electron chi connectivity index (χ1n) is 6.80. The van der Waals surface area contributed by atoms with Gasteiger partial charge in [-0.2, -0.15) is 10.5 Å². The lowest BCUT2D eigenvalue weighted by molar-refractivity contribution is 0.165. The first-order chi connectivity index (χ1) is 9.44. The zero-order chi connectivity index (χ0) is 14.5. The standard InChI is InChI=1S/C18H16N2/c1-17(2,3)18-8-6-12(7-9-18)13-4-5-16(18)15(11-20)14(13)10-19/h4-9,16H,1-3H3. The summed E-state index contributed by atoms with van der Waals surface area (Å²) in [6.45, 7) is 6.55. The van der Waals surface area contributed by atoms with Crippen LogP contribution >= 0.6 is 0 Å². The first-order valence-corrected chi connectivity index (χ1v) is 6.80. The minimum Gasteiger partial charge on any atom is -0.193 e. The molecular formula is C18H16N2. The average Bonchev–Trinajstić information content (AvgIpc) is 2.40. The first kappa shape index (κ1) is 12.7. The van der Waals surface area contributed by atoms with E-state index in [0.717, 1.165) is 11.1 Å². The fourth-order valence-corrected chi connectivity index (χ4v) is 3.48. The second-order valence-corrected chi connectivity index (χ2v) is 6.57. The molecule has 0 saturated carbocycles. The summed E-state index contributed by atoms with van der Waals surface area (Å²) in [5, 5.41) is 19.0. The predicted molar refractivity (Wildman–Crippen MR) is 78.1 cm³/mol. The van der Waals surface area contributed by atoms with Gasteiger partial charge < -0.3 is 0 Å². The average molecular weight is 260 g/mol.